The van der Waals surface area contributed by atoms with E-state index in [2.05, 4.69) is 132 Å². The van der Waals surface area contributed by atoms with Gasteiger partial charge in [0.25, 0.3) is 0 Å². The third-order valence-corrected chi connectivity index (χ3v) is 12.1. The van der Waals surface area contributed by atoms with Crippen LogP contribution in [0.1, 0.15) is 21.5 Å². The summed E-state index contributed by atoms with van der Waals surface area (Å²) < 4.78 is 9.50. The molecule has 12 heterocycles. The number of H-pyrrole nitrogens is 2. The summed E-state index contributed by atoms with van der Waals surface area (Å²) in [4.78, 5) is 45.0. The van der Waals surface area contributed by atoms with Gasteiger partial charge in [0.1, 0.15) is 33.9 Å². The molecule has 4 atom stereocenters. The van der Waals surface area contributed by atoms with Crippen molar-refractivity contribution < 1.29 is 9.90 Å². The van der Waals surface area contributed by atoms with Gasteiger partial charge in [-0.05, 0) is 167 Å². The van der Waals surface area contributed by atoms with Gasteiger partial charge in [0.05, 0.1) is 12.1 Å². The molecule has 0 fully saturated rings. The van der Waals surface area contributed by atoms with Crippen LogP contribution in [0.2, 0.25) is 0 Å². The molecule has 0 aromatic carbocycles. The Morgan fingerprint density at radius 2 is 0.925 bits per heavy atom. The highest BCUT2D eigenvalue weighted by Gasteiger charge is 2.06. The average Bonchev–Trinajstić information content (AvgIpc) is 4.21. The number of hydrogen-bond donors (Lipinski definition) is 3. The zero-order valence-electron chi connectivity index (χ0n) is 35.7. The minimum Gasteiger partial charge on any atom is -0.478 e. The van der Waals surface area contributed by atoms with Crippen molar-refractivity contribution in [1.82, 2.24) is 57.2 Å². The topological polar surface area (TPSA) is 170 Å². The SMILES string of the molecule is Brc1cnc2[nH]ccc2c1.Cc1cnc2[nH]ccc2c1.Cc1cnc2c(ccn2P)c1.O=C(O)c1cnc2c(ccn2P)c1.Pn1ccc2cc(Br)cnc21.[C-]#[N+]c1cnc2c(ccn2P)c1. The van der Waals surface area contributed by atoms with Gasteiger partial charge in [-0.15, -0.1) is 0 Å². The van der Waals surface area contributed by atoms with Crippen LogP contribution in [0.5, 0.6) is 0 Å². The van der Waals surface area contributed by atoms with E-state index in [0.717, 1.165) is 64.4 Å². The van der Waals surface area contributed by atoms with Gasteiger partial charge in [-0.3, -0.25) is 0 Å². The van der Waals surface area contributed by atoms with Crippen LogP contribution in [0.25, 0.3) is 71.0 Å². The Balaban J connectivity index is 0.000000120. The van der Waals surface area contributed by atoms with E-state index in [0.29, 0.717) is 5.69 Å². The van der Waals surface area contributed by atoms with Crippen molar-refractivity contribution in [2.75, 3.05) is 0 Å². The van der Waals surface area contributed by atoms with E-state index >= 15 is 0 Å². The predicted molar refractivity (Wildman–Crippen MR) is 290 cm³/mol. The first kappa shape index (κ1) is 48.7. The number of halogens is 2. The summed E-state index contributed by atoms with van der Waals surface area (Å²) in [7, 11) is 10.2. The number of pyridine rings is 6. The van der Waals surface area contributed by atoms with Crippen LogP contribution in [-0.4, -0.2) is 68.3 Å². The third kappa shape index (κ3) is 12.6. The number of hydrogen-bond acceptors (Lipinski definition) is 7. The molecule has 336 valence electrons. The Morgan fingerprint density at radius 1 is 0.537 bits per heavy atom. The van der Waals surface area contributed by atoms with Gasteiger partial charge in [-0.1, -0.05) is 0 Å². The second kappa shape index (κ2) is 22.5. The Labute approximate surface area is 410 Å². The first-order valence-electron chi connectivity index (χ1n) is 19.9. The fraction of sp³-hybridized carbons (Fsp3) is 0.0435. The van der Waals surface area contributed by atoms with E-state index in [-0.39, 0.29) is 5.56 Å². The first-order valence-corrected chi connectivity index (χ1v) is 23.5. The molecule has 15 nitrogen and oxygen atoms in total. The molecule has 0 saturated heterocycles. The molecule has 0 saturated carbocycles. The number of carboxylic acid groups (broad SMARTS) is 1. The van der Waals surface area contributed by atoms with E-state index in [1.54, 1.807) is 29.0 Å². The molecular weight excluding hydrogens is 1050 g/mol. The van der Waals surface area contributed by atoms with Gasteiger partial charge >= 0.3 is 5.97 Å². The zero-order valence-corrected chi connectivity index (χ0v) is 43.5. The lowest BCUT2D eigenvalue weighted by Gasteiger charge is -1.95. The minimum atomic E-state index is -0.953. The Kier molecular flexibility index (Phi) is 16.4. The van der Waals surface area contributed by atoms with Gasteiger partial charge < -0.3 is 32.4 Å². The number of aromatic amines is 2. The molecule has 0 spiro atoms. The zero-order chi connectivity index (χ0) is 47.6. The average molecular weight is 1090 g/mol. The maximum atomic E-state index is 10.6. The van der Waals surface area contributed by atoms with Crippen molar-refractivity contribution in [2.45, 2.75) is 13.8 Å². The van der Waals surface area contributed by atoms with Crippen molar-refractivity contribution in [1.29, 1.82) is 0 Å². The van der Waals surface area contributed by atoms with Crippen molar-refractivity contribution in [3.8, 4) is 0 Å². The van der Waals surface area contributed by atoms with Gasteiger partial charge in [0.15, 0.2) is 0 Å². The first-order chi connectivity index (χ1) is 32.3. The molecule has 3 N–H and O–H groups in total. The van der Waals surface area contributed by atoms with Crippen molar-refractivity contribution in [2.24, 2.45) is 0 Å². The summed E-state index contributed by atoms with van der Waals surface area (Å²) >= 11 is 6.70. The highest BCUT2D eigenvalue weighted by Crippen LogP contribution is 2.22. The van der Waals surface area contributed by atoms with Crippen LogP contribution >= 0.6 is 69.4 Å². The number of fused-ring (bicyclic) bond motifs is 6. The third-order valence-electron chi connectivity index (χ3n) is 9.59. The van der Waals surface area contributed by atoms with E-state index in [1.165, 1.54) is 28.1 Å². The fourth-order valence-corrected chi connectivity index (χ4v) is 8.29. The molecule has 0 aliphatic carbocycles. The van der Waals surface area contributed by atoms with E-state index in [9.17, 15) is 4.79 Å². The number of aromatic carboxylic acids is 1. The van der Waals surface area contributed by atoms with Crippen molar-refractivity contribution in [3.63, 3.8) is 0 Å². The molecule has 0 aliphatic heterocycles. The summed E-state index contributed by atoms with van der Waals surface area (Å²) in [5.74, 6) is -0.953. The molecule has 0 amide bonds. The number of carboxylic acids is 1. The summed E-state index contributed by atoms with van der Waals surface area (Å²) in [6.07, 6.45) is 21.7. The lowest BCUT2D eigenvalue weighted by molar-refractivity contribution is 0.0696. The number of aryl methyl sites for hydroxylation is 2. The minimum absolute atomic E-state index is 0.212. The van der Waals surface area contributed by atoms with Crippen LogP contribution in [0.4, 0.5) is 5.69 Å². The molecule has 0 bridgehead atoms. The van der Waals surface area contributed by atoms with Gasteiger partial charge in [-0.2, -0.15) is 0 Å². The Morgan fingerprint density at radius 3 is 1.46 bits per heavy atom. The van der Waals surface area contributed by atoms with Crippen LogP contribution < -0.4 is 0 Å². The monoisotopic (exact) mass is 1090 g/mol. The van der Waals surface area contributed by atoms with Gasteiger partial charge in [0.2, 0.25) is 5.69 Å². The number of nitrogens with one attached hydrogen (secondary N) is 2. The van der Waals surface area contributed by atoms with Crippen molar-refractivity contribution >= 4 is 147 Å². The van der Waals surface area contributed by atoms with Crippen LogP contribution in [0, 0.1) is 20.4 Å². The molecule has 0 radical (unpaired) electrons. The highest BCUT2D eigenvalue weighted by atomic mass is 79.9. The number of aromatic nitrogens is 12. The predicted octanol–water partition coefficient (Wildman–Crippen LogP) is 12.2. The number of rotatable bonds is 1. The standard InChI is InChI=1S/C8H6N3P.C8H7N2O2P.C8H9N2P.C8H8N2.C7H6BrN2P.C7H5BrN2/c1-9-7-4-6-2-3-11(12)8(6)10-5-7;11-8(12)6-3-5-1-2-10(13)7(5)9-4-6;1-6-4-7-2-3-10(11)8(7)9-5-6;1-6-4-7-2-3-9-8(7)10-5-6;8-6-3-5-1-2-10(11)7(5)9-4-6;8-6-3-5-1-2-9-7(5)10-4-6/h2-5H,12H2;1-4H,13H2,(H,11,12);2-5H,11H2,1H3;2-5H,1H3,(H,9,10);1-4H,11H2;1-4H,(H,9,10). The van der Waals surface area contributed by atoms with Crippen LogP contribution in [-0.2, 0) is 0 Å². The maximum absolute atomic E-state index is 10.6. The molecular formula is C46H41Br2N13O2P4. The fourth-order valence-electron chi connectivity index (χ4n) is 6.39. The molecule has 67 heavy (non-hydrogen) atoms. The normalized spacial score (nSPS) is 10.5. The molecule has 12 aromatic heterocycles. The molecule has 12 aromatic rings. The van der Waals surface area contributed by atoms with Crippen LogP contribution in [0.3, 0.4) is 0 Å². The van der Waals surface area contributed by atoms with Gasteiger partial charge in [-0.25, -0.2) is 39.5 Å². The molecule has 21 heteroatoms. The largest absolute Gasteiger partial charge is 0.478 e. The molecule has 0 aliphatic rings. The molecule has 12 rings (SSSR count). The Bertz CT molecular complexity index is 3530. The van der Waals surface area contributed by atoms with E-state index in [4.69, 9.17) is 11.7 Å². The maximum Gasteiger partial charge on any atom is 0.337 e. The van der Waals surface area contributed by atoms with E-state index < -0.39 is 5.97 Å². The lowest BCUT2D eigenvalue weighted by Crippen LogP contribution is -1.96. The number of nitrogens with zero attached hydrogens (tertiary/aromatic N) is 11. The second-order valence-corrected chi connectivity index (χ2v) is 18.6. The Hall–Kier alpha value is -6.22. The summed E-state index contributed by atoms with van der Waals surface area (Å²) in [6.45, 7) is 10.9. The quantitative estimate of drug-likeness (QED) is 0.108. The van der Waals surface area contributed by atoms with E-state index in [1.807, 2.05) is 125 Å². The summed E-state index contributed by atoms with van der Waals surface area (Å²) in [5, 5.41) is 15.2. The lowest BCUT2D eigenvalue weighted by atomic mass is 10.2. The van der Waals surface area contributed by atoms with Crippen LogP contribution in [0.15, 0.2) is 156 Å². The van der Waals surface area contributed by atoms with Crippen molar-refractivity contribution in [3.05, 3.63) is 184 Å². The highest BCUT2D eigenvalue weighted by molar-refractivity contribution is 9.10. The summed E-state index contributed by atoms with van der Waals surface area (Å²) in [6, 6.07) is 23.6. The smallest absolute Gasteiger partial charge is 0.337 e. The summed E-state index contributed by atoms with van der Waals surface area (Å²) in [5.41, 5.74) is 8.73. The number of carbonyl (C=O) groups is 1. The van der Waals surface area contributed by atoms with Gasteiger partial charge in [0, 0.05) is 116 Å². The molecule has 4 unspecified atom stereocenters. The second-order valence-electron chi connectivity index (χ2n) is 14.5.